The summed E-state index contributed by atoms with van der Waals surface area (Å²) in [6, 6.07) is 7.60. The second-order valence-corrected chi connectivity index (χ2v) is 4.11. The van der Waals surface area contributed by atoms with Gasteiger partial charge in [0.2, 0.25) is 5.91 Å². The van der Waals surface area contributed by atoms with E-state index in [1.807, 2.05) is 31.2 Å². The van der Waals surface area contributed by atoms with Gasteiger partial charge in [-0.15, -0.1) is 24.0 Å². The van der Waals surface area contributed by atoms with E-state index >= 15 is 0 Å². The summed E-state index contributed by atoms with van der Waals surface area (Å²) >= 11 is 6.22. The first-order valence-corrected chi connectivity index (χ1v) is 5.79. The fourth-order valence-corrected chi connectivity index (χ4v) is 1.65. The van der Waals surface area contributed by atoms with Crippen LogP contribution in [0.2, 0.25) is 0 Å². The Hall–Kier alpha value is -0.770. The van der Waals surface area contributed by atoms with Gasteiger partial charge >= 0.3 is 0 Å². The van der Waals surface area contributed by atoms with E-state index in [0.717, 1.165) is 24.3 Å². The van der Waals surface area contributed by atoms with Crippen molar-refractivity contribution in [3.05, 3.63) is 29.8 Å². The maximum atomic E-state index is 10.9. The van der Waals surface area contributed by atoms with Crippen LogP contribution < -0.4 is 10.6 Å². The fraction of sp³-hybridized carbons (Fsp3) is 0.417. The number of hydrogen-bond donors (Lipinski definition) is 2. The number of carbonyl (C=O) groups excluding carboxylic acids is 1. The molecule has 3 nitrogen and oxygen atoms in total. The molecule has 0 saturated carbocycles. The number of anilines is 1. The Bertz CT molecular complexity index is 358. The third-order valence-electron chi connectivity index (χ3n) is 2.14. The molecule has 2 N–H and O–H groups in total. The van der Waals surface area contributed by atoms with E-state index in [-0.39, 0.29) is 23.7 Å². The van der Waals surface area contributed by atoms with Crippen LogP contribution in [0.4, 0.5) is 5.69 Å². The predicted octanol–water partition coefficient (Wildman–Crippen LogP) is 2.96. The normalized spacial score (nSPS) is 11.5. The number of nitrogens with one attached hydrogen (secondary N) is 2. The number of benzene rings is 1. The van der Waals surface area contributed by atoms with Crippen molar-refractivity contribution < 1.29 is 4.79 Å². The fourth-order valence-electron chi connectivity index (χ4n) is 1.40. The molecule has 0 spiro atoms. The third kappa shape index (κ3) is 5.91. The third-order valence-corrected chi connectivity index (χ3v) is 2.55. The zero-order valence-corrected chi connectivity index (χ0v) is 11.6. The van der Waals surface area contributed by atoms with Gasteiger partial charge in [0.15, 0.2) is 0 Å². The minimum absolute atomic E-state index is 0. The summed E-state index contributed by atoms with van der Waals surface area (Å²) in [5.41, 5.74) is 1.79. The Morgan fingerprint density at radius 1 is 1.47 bits per heavy atom. The van der Waals surface area contributed by atoms with E-state index in [1.54, 1.807) is 0 Å². The molecule has 0 fully saturated rings. The zero-order valence-electron chi connectivity index (χ0n) is 10.00. The highest BCUT2D eigenvalue weighted by Crippen LogP contribution is 2.22. The van der Waals surface area contributed by atoms with Crippen LogP contribution in [0, 0.1) is 0 Å². The molecule has 1 aromatic carbocycles. The van der Waals surface area contributed by atoms with Crippen LogP contribution in [0.25, 0.3) is 0 Å². The molecule has 0 aliphatic carbocycles. The van der Waals surface area contributed by atoms with E-state index in [1.165, 1.54) is 6.92 Å². The summed E-state index contributed by atoms with van der Waals surface area (Å²) in [7, 11) is 0. The van der Waals surface area contributed by atoms with Crippen molar-refractivity contribution in [3.8, 4) is 0 Å². The first-order chi connectivity index (χ1) is 7.63. The molecular weight excluding hydrogens is 259 g/mol. The van der Waals surface area contributed by atoms with Gasteiger partial charge in [-0.05, 0) is 24.2 Å². The number of amides is 1. The topological polar surface area (TPSA) is 41.1 Å². The molecule has 5 heteroatoms. The van der Waals surface area contributed by atoms with Crippen molar-refractivity contribution in [2.75, 3.05) is 18.4 Å². The molecule has 1 aromatic rings. The first kappa shape index (κ1) is 16.2. The first-order valence-electron chi connectivity index (χ1n) is 5.35. The van der Waals surface area contributed by atoms with Crippen molar-refractivity contribution >= 4 is 35.6 Å². The Morgan fingerprint density at radius 2 is 2.18 bits per heavy atom. The van der Waals surface area contributed by atoms with Crippen LogP contribution in [0.1, 0.15) is 24.8 Å². The molecule has 96 valence electrons. The van der Waals surface area contributed by atoms with Gasteiger partial charge in [0.05, 0.1) is 5.38 Å². The Morgan fingerprint density at radius 3 is 2.76 bits per heavy atom. The number of halogens is 2. The van der Waals surface area contributed by atoms with Crippen LogP contribution in [0.15, 0.2) is 24.3 Å². The molecule has 1 rings (SSSR count). The quantitative estimate of drug-likeness (QED) is 0.812. The Balaban J connectivity index is 0.00000256. The molecule has 1 amide bonds. The lowest BCUT2D eigenvalue weighted by atomic mass is 10.1. The monoisotopic (exact) mass is 276 g/mol. The lowest BCUT2D eigenvalue weighted by molar-refractivity contribution is -0.114. The van der Waals surface area contributed by atoms with Crippen molar-refractivity contribution in [1.82, 2.24) is 5.32 Å². The van der Waals surface area contributed by atoms with Gasteiger partial charge in [-0.25, -0.2) is 0 Å². The van der Waals surface area contributed by atoms with E-state index in [0.29, 0.717) is 0 Å². The van der Waals surface area contributed by atoms with Crippen molar-refractivity contribution in [1.29, 1.82) is 0 Å². The smallest absolute Gasteiger partial charge is 0.221 e. The van der Waals surface area contributed by atoms with Crippen LogP contribution in [0.5, 0.6) is 0 Å². The maximum Gasteiger partial charge on any atom is 0.221 e. The molecule has 0 aliphatic rings. The summed E-state index contributed by atoms with van der Waals surface area (Å²) in [5, 5.41) is 5.85. The lowest BCUT2D eigenvalue weighted by Gasteiger charge is -2.11. The van der Waals surface area contributed by atoms with Crippen LogP contribution in [0.3, 0.4) is 0 Å². The van der Waals surface area contributed by atoms with E-state index in [4.69, 9.17) is 11.6 Å². The molecule has 0 aromatic heterocycles. The highest BCUT2D eigenvalue weighted by molar-refractivity contribution is 6.21. The highest BCUT2D eigenvalue weighted by atomic mass is 35.5. The van der Waals surface area contributed by atoms with Gasteiger partial charge in [-0.2, -0.15) is 0 Å². The van der Waals surface area contributed by atoms with Gasteiger partial charge in [0, 0.05) is 19.2 Å². The van der Waals surface area contributed by atoms with Gasteiger partial charge in [0.25, 0.3) is 0 Å². The van der Waals surface area contributed by atoms with E-state index in [2.05, 4.69) is 10.6 Å². The summed E-state index contributed by atoms with van der Waals surface area (Å²) in [5.74, 6) is -0.0741. The molecule has 1 unspecified atom stereocenters. The molecule has 0 aliphatic heterocycles. The molecular formula is C12H18Cl2N2O. The van der Waals surface area contributed by atoms with E-state index < -0.39 is 0 Å². The van der Waals surface area contributed by atoms with Crippen LogP contribution in [-0.4, -0.2) is 19.0 Å². The summed E-state index contributed by atoms with van der Waals surface area (Å²) in [4.78, 5) is 10.9. The average molecular weight is 277 g/mol. The predicted molar refractivity (Wildman–Crippen MR) is 75.1 cm³/mol. The molecule has 1 atom stereocenters. The van der Waals surface area contributed by atoms with Gasteiger partial charge in [-0.1, -0.05) is 19.1 Å². The number of carbonyl (C=O) groups is 1. The number of alkyl halides is 1. The second-order valence-electron chi connectivity index (χ2n) is 3.58. The minimum Gasteiger partial charge on any atom is -0.326 e. The second kappa shape index (κ2) is 8.34. The molecule has 17 heavy (non-hydrogen) atoms. The standard InChI is InChI=1S/C12H17ClN2O.ClH/c1-3-14-8-12(13)10-5-4-6-11(7-10)15-9(2)16;/h4-7,12,14H,3,8H2,1-2H3,(H,15,16);1H. The minimum atomic E-state index is -0.0753. The summed E-state index contributed by atoms with van der Waals surface area (Å²) in [6.45, 7) is 5.15. The van der Waals surface area contributed by atoms with Crippen molar-refractivity contribution in [3.63, 3.8) is 0 Å². The Labute approximate surface area is 113 Å². The number of hydrogen-bond acceptors (Lipinski definition) is 2. The summed E-state index contributed by atoms with van der Waals surface area (Å²) < 4.78 is 0. The molecule has 0 radical (unpaired) electrons. The van der Waals surface area contributed by atoms with Gasteiger partial charge < -0.3 is 10.6 Å². The van der Waals surface area contributed by atoms with Crippen LogP contribution in [-0.2, 0) is 4.79 Å². The SMILES string of the molecule is CCNCC(Cl)c1cccc(NC(C)=O)c1.Cl. The zero-order chi connectivity index (χ0) is 12.0. The van der Waals surface area contributed by atoms with Gasteiger partial charge in [-0.3, -0.25) is 4.79 Å². The number of likely N-dealkylation sites (N-methyl/N-ethyl adjacent to an activating group) is 1. The number of rotatable bonds is 5. The lowest BCUT2D eigenvalue weighted by Crippen LogP contribution is -2.18. The van der Waals surface area contributed by atoms with Crippen molar-refractivity contribution in [2.24, 2.45) is 0 Å². The van der Waals surface area contributed by atoms with Gasteiger partial charge in [0.1, 0.15) is 0 Å². The molecule has 0 heterocycles. The van der Waals surface area contributed by atoms with E-state index in [9.17, 15) is 4.79 Å². The maximum absolute atomic E-state index is 10.9. The summed E-state index contributed by atoms with van der Waals surface area (Å²) in [6.07, 6.45) is 0. The molecule has 0 bridgehead atoms. The largest absolute Gasteiger partial charge is 0.326 e. The average Bonchev–Trinajstić information content (AvgIpc) is 2.25. The molecule has 0 saturated heterocycles. The van der Waals surface area contributed by atoms with Crippen molar-refractivity contribution in [2.45, 2.75) is 19.2 Å². The Kier molecular flexibility index (Phi) is 7.96. The van der Waals surface area contributed by atoms with Crippen LogP contribution >= 0.6 is 24.0 Å². The highest BCUT2D eigenvalue weighted by Gasteiger charge is 2.07.